The number of hydrogen-bond donors (Lipinski definition) is 1. The number of halogens is 2. The molecular formula is C38H33F2N5O3S. The van der Waals surface area contributed by atoms with E-state index < -0.39 is 11.6 Å². The van der Waals surface area contributed by atoms with Crippen molar-refractivity contribution in [2.24, 2.45) is 5.41 Å². The third-order valence-corrected chi connectivity index (χ3v) is 10.9. The van der Waals surface area contributed by atoms with Crippen molar-refractivity contribution in [2.45, 2.75) is 26.2 Å². The molecule has 2 amide bonds. The van der Waals surface area contributed by atoms with Crippen molar-refractivity contribution in [3.8, 4) is 21.0 Å². The summed E-state index contributed by atoms with van der Waals surface area (Å²) in [5.74, 6) is -0.715. The van der Waals surface area contributed by atoms with Gasteiger partial charge in [0.05, 0.1) is 28.0 Å². The highest BCUT2D eigenvalue weighted by Gasteiger charge is 2.45. The van der Waals surface area contributed by atoms with Gasteiger partial charge in [0, 0.05) is 66.2 Å². The molecule has 11 heteroatoms. The molecule has 0 bridgehead atoms. The smallest absolute Gasteiger partial charge is 0.259 e. The predicted molar refractivity (Wildman–Crippen MR) is 186 cm³/mol. The minimum absolute atomic E-state index is 0.233. The van der Waals surface area contributed by atoms with Crippen LogP contribution in [0.1, 0.15) is 44.7 Å². The van der Waals surface area contributed by atoms with Crippen molar-refractivity contribution < 1.29 is 23.1 Å². The van der Waals surface area contributed by atoms with E-state index >= 15 is 0 Å². The summed E-state index contributed by atoms with van der Waals surface area (Å²) < 4.78 is 33.7. The van der Waals surface area contributed by atoms with E-state index in [-0.39, 0.29) is 17.2 Å². The third-order valence-electron chi connectivity index (χ3n) is 9.68. The van der Waals surface area contributed by atoms with Crippen molar-refractivity contribution in [3.05, 3.63) is 113 Å². The monoisotopic (exact) mass is 677 g/mol. The van der Waals surface area contributed by atoms with E-state index in [1.807, 2.05) is 19.1 Å². The zero-order valence-corrected chi connectivity index (χ0v) is 27.7. The van der Waals surface area contributed by atoms with Gasteiger partial charge >= 0.3 is 0 Å². The molecule has 1 N–H and O–H groups in total. The number of pyridine rings is 2. The van der Waals surface area contributed by atoms with Crippen molar-refractivity contribution in [1.82, 2.24) is 9.97 Å². The lowest BCUT2D eigenvalue weighted by Crippen LogP contribution is -2.59. The van der Waals surface area contributed by atoms with Gasteiger partial charge in [-0.05, 0) is 104 Å². The predicted octanol–water partition coefficient (Wildman–Crippen LogP) is 7.53. The molecule has 2 aromatic carbocycles. The fourth-order valence-electron chi connectivity index (χ4n) is 7.04. The summed E-state index contributed by atoms with van der Waals surface area (Å²) in [4.78, 5) is 41.9. The summed E-state index contributed by atoms with van der Waals surface area (Å²) in [6, 6.07) is 18.1. The van der Waals surface area contributed by atoms with E-state index in [4.69, 9.17) is 4.74 Å². The molecule has 8 rings (SSSR count). The van der Waals surface area contributed by atoms with Crippen LogP contribution >= 0.6 is 11.3 Å². The molecule has 5 aromatic rings. The second kappa shape index (κ2) is 12.5. The van der Waals surface area contributed by atoms with E-state index in [0.29, 0.717) is 47.0 Å². The largest absolute Gasteiger partial charge is 0.381 e. The average Bonchev–Trinajstić information content (AvgIpc) is 3.46. The number of aromatic nitrogens is 2. The molecule has 8 nitrogen and oxygen atoms in total. The van der Waals surface area contributed by atoms with Gasteiger partial charge < -0.3 is 19.9 Å². The van der Waals surface area contributed by atoms with E-state index in [9.17, 15) is 18.4 Å². The summed E-state index contributed by atoms with van der Waals surface area (Å²) in [7, 11) is 0. The summed E-state index contributed by atoms with van der Waals surface area (Å²) >= 11 is 1.49. The second-order valence-electron chi connectivity index (χ2n) is 13.1. The molecule has 1 spiro atoms. The van der Waals surface area contributed by atoms with E-state index in [1.54, 1.807) is 47.5 Å². The molecule has 2 fully saturated rings. The van der Waals surface area contributed by atoms with Gasteiger partial charge in [-0.25, -0.2) is 13.8 Å². The summed E-state index contributed by atoms with van der Waals surface area (Å²) in [6.07, 6.45) is 5.56. The standard InChI is InChI=1S/C38H33F2N5O3S/c1-23-16-30(35(42-19-23)44-21-38(22-44)11-14-48-15-12-38)36(46)43-28-6-2-24(3-7-28)37(47)45-13-10-25-17-33(31-9-5-27(40)20-41-31)49-34(25)29-8-4-26(39)18-32(29)45/h2-9,16-20H,10-15,21-22H2,1H3,(H,43,46). The van der Waals surface area contributed by atoms with Crippen LogP contribution in [0.2, 0.25) is 0 Å². The van der Waals surface area contributed by atoms with Crippen LogP contribution in [0.4, 0.5) is 26.0 Å². The van der Waals surface area contributed by atoms with Crippen molar-refractivity contribution in [2.75, 3.05) is 48.0 Å². The Balaban J connectivity index is 1.01. The maximum atomic E-state index is 14.7. The number of amides is 2. The van der Waals surface area contributed by atoms with Gasteiger partial charge in [-0.1, -0.05) is 0 Å². The molecule has 0 atom stereocenters. The molecule has 0 radical (unpaired) electrons. The Morgan fingerprint density at radius 1 is 0.918 bits per heavy atom. The summed E-state index contributed by atoms with van der Waals surface area (Å²) in [6.45, 7) is 5.50. The number of benzene rings is 2. The number of carbonyl (C=O) groups excluding carboxylic acids is 2. The second-order valence-corrected chi connectivity index (χ2v) is 14.1. The molecule has 0 aliphatic carbocycles. The highest BCUT2D eigenvalue weighted by Crippen LogP contribution is 2.45. The van der Waals surface area contributed by atoms with Crippen molar-refractivity contribution >= 4 is 40.3 Å². The van der Waals surface area contributed by atoms with E-state index in [1.165, 1.54) is 35.7 Å². The van der Waals surface area contributed by atoms with Gasteiger partial charge in [0.15, 0.2) is 0 Å². The third kappa shape index (κ3) is 5.97. The van der Waals surface area contributed by atoms with Crippen LogP contribution in [-0.2, 0) is 11.2 Å². The minimum Gasteiger partial charge on any atom is -0.381 e. The molecule has 3 aromatic heterocycles. The first-order valence-electron chi connectivity index (χ1n) is 16.3. The Morgan fingerprint density at radius 2 is 1.69 bits per heavy atom. The van der Waals surface area contributed by atoms with Gasteiger partial charge in [-0.3, -0.25) is 14.6 Å². The van der Waals surface area contributed by atoms with Gasteiger partial charge in [0.1, 0.15) is 17.5 Å². The number of thiophene rings is 1. The Bertz CT molecular complexity index is 2070. The fourth-order valence-corrected chi connectivity index (χ4v) is 8.26. The molecule has 3 aliphatic rings. The molecule has 248 valence electrons. The number of nitrogens with one attached hydrogen (secondary N) is 1. The molecular weight excluding hydrogens is 645 g/mol. The topological polar surface area (TPSA) is 87.7 Å². The fraction of sp³-hybridized carbons (Fsp3) is 0.263. The molecule has 2 saturated heterocycles. The summed E-state index contributed by atoms with van der Waals surface area (Å²) in [5, 5.41) is 2.98. The minimum atomic E-state index is -0.443. The Labute approximate surface area is 286 Å². The van der Waals surface area contributed by atoms with Gasteiger partial charge in [0.2, 0.25) is 0 Å². The van der Waals surface area contributed by atoms with E-state index in [0.717, 1.165) is 65.6 Å². The van der Waals surface area contributed by atoms with Crippen LogP contribution in [0.25, 0.3) is 21.0 Å². The number of anilines is 3. The van der Waals surface area contributed by atoms with Gasteiger partial charge in [-0.15, -0.1) is 11.3 Å². The first-order valence-corrected chi connectivity index (χ1v) is 17.1. The maximum Gasteiger partial charge on any atom is 0.259 e. The van der Waals surface area contributed by atoms with Gasteiger partial charge in [0.25, 0.3) is 11.8 Å². The average molecular weight is 678 g/mol. The highest BCUT2D eigenvalue weighted by molar-refractivity contribution is 7.19. The van der Waals surface area contributed by atoms with Crippen LogP contribution in [-0.4, -0.2) is 54.6 Å². The lowest BCUT2D eigenvalue weighted by Gasteiger charge is -2.53. The number of hydrogen-bond acceptors (Lipinski definition) is 7. The zero-order valence-electron chi connectivity index (χ0n) is 26.8. The molecule has 3 aliphatic heterocycles. The van der Waals surface area contributed by atoms with Crippen molar-refractivity contribution in [1.29, 1.82) is 0 Å². The highest BCUT2D eigenvalue weighted by atomic mass is 32.1. The van der Waals surface area contributed by atoms with Crippen LogP contribution < -0.4 is 15.1 Å². The van der Waals surface area contributed by atoms with Crippen LogP contribution in [0, 0.1) is 24.0 Å². The normalized spacial score (nSPS) is 16.4. The number of nitrogens with zero attached hydrogens (tertiary/aromatic N) is 4. The lowest BCUT2D eigenvalue weighted by atomic mass is 9.73. The van der Waals surface area contributed by atoms with Crippen molar-refractivity contribution in [3.63, 3.8) is 0 Å². The molecule has 0 unspecified atom stereocenters. The first kappa shape index (κ1) is 31.3. The quantitative estimate of drug-likeness (QED) is 0.207. The number of aryl methyl sites for hydroxylation is 1. The molecule has 0 saturated carbocycles. The molecule has 6 heterocycles. The SMILES string of the molecule is Cc1cnc(N2CC3(CCOCC3)C2)c(C(=O)Nc2ccc(C(=O)N3CCc4cc(-c5ccc(F)cn5)sc4-c4ccc(F)cc43)cc2)c1. The maximum absolute atomic E-state index is 14.7. The Morgan fingerprint density at radius 3 is 2.45 bits per heavy atom. The zero-order chi connectivity index (χ0) is 33.7. The number of fused-ring (bicyclic) bond motifs is 3. The van der Waals surface area contributed by atoms with Crippen LogP contribution in [0.15, 0.2) is 79.1 Å². The number of rotatable bonds is 5. The van der Waals surface area contributed by atoms with Crippen LogP contribution in [0.3, 0.4) is 0 Å². The van der Waals surface area contributed by atoms with Crippen LogP contribution in [0.5, 0.6) is 0 Å². The number of ether oxygens (including phenoxy) is 1. The molecule has 49 heavy (non-hydrogen) atoms. The Hall–Kier alpha value is -5.00. The lowest BCUT2D eigenvalue weighted by molar-refractivity contribution is -0.000510. The number of carbonyl (C=O) groups is 2. The first-order chi connectivity index (χ1) is 23.7. The van der Waals surface area contributed by atoms with E-state index in [2.05, 4.69) is 20.2 Å². The summed E-state index contributed by atoms with van der Waals surface area (Å²) in [5.41, 5.74) is 5.49. The van der Waals surface area contributed by atoms with Gasteiger partial charge in [-0.2, -0.15) is 0 Å². The Kier molecular flexibility index (Phi) is 7.96.